The first-order valence-corrected chi connectivity index (χ1v) is 11.9. The second-order valence-electron chi connectivity index (χ2n) is 8.72. The number of nitrogens with one attached hydrogen (secondary N) is 1. The molecule has 3 aliphatic rings. The molecule has 1 amide bonds. The van der Waals surface area contributed by atoms with Gasteiger partial charge in [0.25, 0.3) is 5.91 Å². The summed E-state index contributed by atoms with van der Waals surface area (Å²) >= 11 is 0. The Morgan fingerprint density at radius 2 is 1.93 bits per heavy atom. The Hall–Kier alpha value is -1.45. The highest BCUT2D eigenvalue weighted by Crippen LogP contribution is 2.40. The second-order valence-corrected chi connectivity index (χ2v) is 10.7. The Bertz CT molecular complexity index is 804. The van der Waals surface area contributed by atoms with Crippen LogP contribution in [0.25, 0.3) is 0 Å². The minimum absolute atomic E-state index is 0.00672. The molecule has 1 aromatic heterocycles. The Morgan fingerprint density at radius 3 is 2.54 bits per heavy atom. The van der Waals surface area contributed by atoms with E-state index in [0.717, 1.165) is 38.0 Å². The maximum Gasteiger partial charge on any atom is 0.273 e. The molecule has 2 aliphatic heterocycles. The van der Waals surface area contributed by atoms with E-state index in [1.165, 1.54) is 0 Å². The molecule has 3 fully saturated rings. The quantitative estimate of drug-likeness (QED) is 0.699. The van der Waals surface area contributed by atoms with Crippen molar-refractivity contribution < 1.29 is 17.7 Å². The second kappa shape index (κ2) is 7.76. The van der Waals surface area contributed by atoms with E-state index in [4.69, 9.17) is 4.52 Å². The lowest BCUT2D eigenvalue weighted by molar-refractivity contribution is 0.0900. The molecule has 4 rings (SSSR count). The summed E-state index contributed by atoms with van der Waals surface area (Å²) in [6.07, 6.45) is 5.92. The molecule has 9 heteroatoms. The number of amides is 1. The Kier molecular flexibility index (Phi) is 5.50. The highest BCUT2D eigenvalue weighted by Gasteiger charge is 2.46. The van der Waals surface area contributed by atoms with E-state index in [2.05, 4.69) is 10.5 Å². The number of sulfonamides is 1. The Balaban J connectivity index is 1.34. The fourth-order valence-corrected chi connectivity index (χ4v) is 6.59. The summed E-state index contributed by atoms with van der Waals surface area (Å²) in [5, 5.41) is 6.95. The predicted molar refractivity (Wildman–Crippen MR) is 105 cm³/mol. The zero-order valence-corrected chi connectivity index (χ0v) is 17.5. The van der Waals surface area contributed by atoms with E-state index >= 15 is 0 Å². The van der Waals surface area contributed by atoms with Crippen LogP contribution in [0.15, 0.2) is 10.6 Å². The molecule has 1 saturated carbocycles. The summed E-state index contributed by atoms with van der Waals surface area (Å²) in [4.78, 5) is 14.5. The topological polar surface area (TPSA) is 95.8 Å². The SMILES string of the molecule is CN(C)CCCS(=O)(=O)N1[C@@H]2CC[C@H]1CC(NC(=O)c1cc(C3CC3)on1)C2. The molecular formula is C19H30N4O4S. The van der Waals surface area contributed by atoms with Crippen LogP contribution in [0.4, 0.5) is 0 Å². The zero-order valence-electron chi connectivity index (χ0n) is 16.6. The zero-order chi connectivity index (χ0) is 19.9. The number of hydrogen-bond acceptors (Lipinski definition) is 6. The highest BCUT2D eigenvalue weighted by molar-refractivity contribution is 7.89. The van der Waals surface area contributed by atoms with Gasteiger partial charge in [-0.05, 0) is 65.6 Å². The summed E-state index contributed by atoms with van der Waals surface area (Å²) in [5.41, 5.74) is 0.327. The number of fused-ring (bicyclic) bond motifs is 2. The molecule has 8 nitrogen and oxygen atoms in total. The largest absolute Gasteiger partial charge is 0.360 e. The third-order valence-corrected chi connectivity index (χ3v) is 8.11. The molecule has 156 valence electrons. The average Bonchev–Trinajstić information content (AvgIpc) is 3.27. The molecule has 3 atom stereocenters. The number of carbonyl (C=O) groups excluding carboxylic acids is 1. The maximum absolute atomic E-state index is 12.8. The van der Waals surface area contributed by atoms with Gasteiger partial charge in [-0.1, -0.05) is 5.16 Å². The summed E-state index contributed by atoms with van der Waals surface area (Å²) in [7, 11) is 0.651. The lowest BCUT2D eigenvalue weighted by Crippen LogP contribution is -2.53. The maximum atomic E-state index is 12.8. The van der Waals surface area contributed by atoms with Gasteiger partial charge in [-0.2, -0.15) is 4.31 Å². The fraction of sp³-hybridized carbons (Fsp3) is 0.789. The van der Waals surface area contributed by atoms with Gasteiger partial charge in [-0.3, -0.25) is 4.79 Å². The predicted octanol–water partition coefficient (Wildman–Crippen LogP) is 1.56. The molecule has 0 radical (unpaired) electrons. The van der Waals surface area contributed by atoms with E-state index in [-0.39, 0.29) is 29.8 Å². The van der Waals surface area contributed by atoms with Gasteiger partial charge in [0.2, 0.25) is 10.0 Å². The molecule has 3 heterocycles. The monoisotopic (exact) mass is 410 g/mol. The van der Waals surface area contributed by atoms with Gasteiger partial charge in [-0.15, -0.1) is 0 Å². The summed E-state index contributed by atoms with van der Waals surface area (Å²) in [6, 6.07) is 1.71. The van der Waals surface area contributed by atoms with Gasteiger partial charge in [0, 0.05) is 30.1 Å². The molecule has 1 aromatic rings. The van der Waals surface area contributed by atoms with Crippen molar-refractivity contribution in [3.8, 4) is 0 Å². The molecular weight excluding hydrogens is 380 g/mol. The average molecular weight is 411 g/mol. The van der Waals surface area contributed by atoms with Crippen LogP contribution >= 0.6 is 0 Å². The number of nitrogens with zero attached hydrogens (tertiary/aromatic N) is 3. The van der Waals surface area contributed by atoms with Gasteiger partial charge in [0.05, 0.1) is 5.75 Å². The van der Waals surface area contributed by atoms with Crippen molar-refractivity contribution in [2.75, 3.05) is 26.4 Å². The first kappa shape index (κ1) is 19.8. The highest BCUT2D eigenvalue weighted by atomic mass is 32.2. The van der Waals surface area contributed by atoms with Gasteiger partial charge in [0.15, 0.2) is 5.69 Å². The summed E-state index contributed by atoms with van der Waals surface area (Å²) in [6.45, 7) is 0.766. The smallest absolute Gasteiger partial charge is 0.273 e. The van der Waals surface area contributed by atoms with Crippen molar-refractivity contribution in [3.63, 3.8) is 0 Å². The third kappa shape index (κ3) is 4.26. The van der Waals surface area contributed by atoms with Crippen LogP contribution in [0.2, 0.25) is 0 Å². The minimum atomic E-state index is -3.25. The molecule has 0 spiro atoms. The number of carbonyl (C=O) groups is 1. The first-order valence-electron chi connectivity index (χ1n) is 10.3. The van der Waals surface area contributed by atoms with Crippen molar-refractivity contribution in [3.05, 3.63) is 17.5 Å². The van der Waals surface area contributed by atoms with Crippen molar-refractivity contribution in [1.82, 2.24) is 19.7 Å². The van der Waals surface area contributed by atoms with Crippen molar-refractivity contribution in [1.29, 1.82) is 0 Å². The molecule has 28 heavy (non-hydrogen) atoms. The van der Waals surface area contributed by atoms with Crippen LogP contribution in [-0.4, -0.2) is 73.2 Å². The molecule has 1 aliphatic carbocycles. The number of rotatable bonds is 8. The summed E-state index contributed by atoms with van der Waals surface area (Å²) < 4.78 is 32.7. The van der Waals surface area contributed by atoms with E-state index in [1.54, 1.807) is 10.4 Å². The van der Waals surface area contributed by atoms with E-state index in [0.29, 0.717) is 30.9 Å². The molecule has 1 N–H and O–H groups in total. The lowest BCUT2D eigenvalue weighted by Gasteiger charge is -2.38. The van der Waals surface area contributed by atoms with E-state index < -0.39 is 10.0 Å². The molecule has 0 aromatic carbocycles. The molecule has 2 bridgehead atoms. The Morgan fingerprint density at radius 1 is 1.25 bits per heavy atom. The van der Waals surface area contributed by atoms with Gasteiger partial charge >= 0.3 is 0 Å². The standard InChI is InChI=1S/C19H30N4O4S/c1-22(2)8-3-9-28(25,26)23-15-6-7-16(23)11-14(10-15)20-19(24)17-12-18(27-21-17)13-4-5-13/h12-16H,3-11H2,1-2H3,(H,20,24)/t14?,15-,16+. The van der Waals surface area contributed by atoms with E-state index in [1.807, 2.05) is 19.0 Å². The minimum Gasteiger partial charge on any atom is -0.360 e. The van der Waals surface area contributed by atoms with Crippen molar-refractivity contribution in [2.45, 2.75) is 69.0 Å². The molecule has 1 unspecified atom stereocenters. The van der Waals surface area contributed by atoms with Crippen LogP contribution < -0.4 is 5.32 Å². The number of hydrogen-bond donors (Lipinski definition) is 1. The van der Waals surface area contributed by atoms with Gasteiger partial charge < -0.3 is 14.7 Å². The van der Waals surface area contributed by atoms with Gasteiger partial charge in [-0.25, -0.2) is 8.42 Å². The lowest BCUT2D eigenvalue weighted by atomic mass is 9.99. The van der Waals surface area contributed by atoms with Crippen LogP contribution in [-0.2, 0) is 10.0 Å². The van der Waals surface area contributed by atoms with Gasteiger partial charge in [0.1, 0.15) is 5.76 Å². The van der Waals surface area contributed by atoms with Crippen LogP contribution in [0.3, 0.4) is 0 Å². The third-order valence-electron chi connectivity index (χ3n) is 6.07. The van der Waals surface area contributed by atoms with Crippen LogP contribution in [0, 0.1) is 0 Å². The van der Waals surface area contributed by atoms with E-state index in [9.17, 15) is 13.2 Å². The number of piperidine rings is 1. The normalized spacial score (nSPS) is 28.0. The van der Waals surface area contributed by atoms with Crippen molar-refractivity contribution in [2.24, 2.45) is 0 Å². The van der Waals surface area contributed by atoms with Crippen molar-refractivity contribution >= 4 is 15.9 Å². The van der Waals surface area contributed by atoms with Crippen LogP contribution in [0.1, 0.15) is 67.1 Å². The fourth-order valence-electron chi connectivity index (χ4n) is 4.59. The summed E-state index contributed by atoms with van der Waals surface area (Å²) in [5.74, 6) is 1.19. The number of aromatic nitrogens is 1. The first-order chi connectivity index (χ1) is 13.3. The molecule has 2 saturated heterocycles. The van der Waals surface area contributed by atoms with Crippen LogP contribution in [0.5, 0.6) is 0 Å². The Labute approximate surface area is 166 Å².